The molecule has 1 aromatic rings. The fraction of sp³-hybridized carbons (Fsp3) is 0.500. The van der Waals surface area contributed by atoms with Gasteiger partial charge in [0.2, 0.25) is 0 Å². The molecule has 0 radical (unpaired) electrons. The Morgan fingerprint density at radius 3 is 2.00 bits per heavy atom. The highest BCUT2D eigenvalue weighted by Crippen LogP contribution is 2.34. The molecule has 128 valence electrons. The lowest BCUT2D eigenvalue weighted by molar-refractivity contribution is -0.137. The second kappa shape index (κ2) is 8.89. The number of carbonyl (C=O) groups excluding carboxylic acids is 1. The second-order valence-corrected chi connectivity index (χ2v) is 10.3. The maximum atomic E-state index is 12.0. The lowest BCUT2D eigenvalue weighted by atomic mass is 10.0. The Morgan fingerprint density at radius 1 is 1.09 bits per heavy atom. The Kier molecular flexibility index (Phi) is 7.52. The summed E-state index contributed by atoms with van der Waals surface area (Å²) >= 11 is 0. The zero-order chi connectivity index (χ0) is 17.5. The van der Waals surface area contributed by atoms with E-state index in [4.69, 9.17) is 13.9 Å². The first kappa shape index (κ1) is 19.5. The lowest BCUT2D eigenvalue weighted by Crippen LogP contribution is -2.38. The SMILES string of the molecule is C=C(C(=O)OC)C(O[Si](CC)(CC)CC)c1ccc(OC)cc1. The van der Waals surface area contributed by atoms with Crippen LogP contribution in [0.15, 0.2) is 36.4 Å². The number of hydrogen-bond donors (Lipinski definition) is 0. The zero-order valence-electron chi connectivity index (χ0n) is 14.8. The van der Waals surface area contributed by atoms with Crippen LogP contribution in [0.5, 0.6) is 5.75 Å². The van der Waals surface area contributed by atoms with E-state index in [1.165, 1.54) is 7.11 Å². The van der Waals surface area contributed by atoms with Crippen molar-refractivity contribution in [3.8, 4) is 5.75 Å². The van der Waals surface area contributed by atoms with Crippen molar-refractivity contribution >= 4 is 14.3 Å². The monoisotopic (exact) mass is 336 g/mol. The number of esters is 1. The smallest absolute Gasteiger partial charge is 0.336 e. The van der Waals surface area contributed by atoms with Crippen LogP contribution in [0.2, 0.25) is 18.1 Å². The Bertz CT molecular complexity index is 512. The Hall–Kier alpha value is -1.59. The third-order valence-electron chi connectivity index (χ3n) is 4.48. The quantitative estimate of drug-likeness (QED) is 0.379. The highest BCUT2D eigenvalue weighted by atomic mass is 28.4. The molecule has 23 heavy (non-hydrogen) atoms. The molecular weight excluding hydrogens is 308 g/mol. The van der Waals surface area contributed by atoms with Crippen LogP contribution in [0.3, 0.4) is 0 Å². The van der Waals surface area contributed by atoms with Gasteiger partial charge in [0.25, 0.3) is 0 Å². The van der Waals surface area contributed by atoms with E-state index in [-0.39, 0.29) is 0 Å². The van der Waals surface area contributed by atoms with Crippen LogP contribution < -0.4 is 4.74 Å². The minimum Gasteiger partial charge on any atom is -0.497 e. The second-order valence-electron chi connectivity index (χ2n) is 5.53. The first-order chi connectivity index (χ1) is 11.0. The van der Waals surface area contributed by atoms with Gasteiger partial charge in [-0.2, -0.15) is 0 Å². The average Bonchev–Trinajstić information content (AvgIpc) is 2.62. The molecular formula is C18H28O4Si. The molecule has 0 saturated carbocycles. The summed E-state index contributed by atoms with van der Waals surface area (Å²) in [5, 5.41) is 0. The summed E-state index contributed by atoms with van der Waals surface area (Å²) in [5.41, 5.74) is 1.23. The van der Waals surface area contributed by atoms with Crippen molar-refractivity contribution in [1.82, 2.24) is 0 Å². The number of methoxy groups -OCH3 is 2. The lowest BCUT2D eigenvalue weighted by Gasteiger charge is -2.34. The summed E-state index contributed by atoms with van der Waals surface area (Å²) in [6.45, 7) is 10.4. The molecule has 1 rings (SSSR count). The minimum atomic E-state index is -1.91. The number of rotatable bonds is 9. The van der Waals surface area contributed by atoms with Gasteiger partial charge < -0.3 is 13.9 Å². The van der Waals surface area contributed by atoms with E-state index in [0.29, 0.717) is 5.57 Å². The maximum absolute atomic E-state index is 12.0. The van der Waals surface area contributed by atoms with Gasteiger partial charge in [0.15, 0.2) is 8.32 Å². The molecule has 0 aliphatic rings. The fourth-order valence-electron chi connectivity index (χ4n) is 2.61. The van der Waals surface area contributed by atoms with Crippen molar-refractivity contribution in [2.45, 2.75) is 45.0 Å². The third-order valence-corrected chi connectivity index (χ3v) is 9.09. The molecule has 1 atom stereocenters. The minimum absolute atomic E-state index is 0.338. The van der Waals surface area contributed by atoms with Gasteiger partial charge in [-0.15, -0.1) is 0 Å². The molecule has 1 unspecified atom stereocenters. The molecule has 0 bridgehead atoms. The molecule has 0 aromatic heterocycles. The standard InChI is InChI=1S/C18H28O4Si/c1-7-23(8-2,9-3)22-17(14(4)18(19)21-6)15-10-12-16(20-5)13-11-15/h10-13,17H,4,7-9H2,1-3,5-6H3. The third kappa shape index (κ3) is 4.69. The van der Waals surface area contributed by atoms with Crippen LogP contribution in [-0.2, 0) is 14.0 Å². The molecule has 0 N–H and O–H groups in total. The largest absolute Gasteiger partial charge is 0.497 e. The van der Waals surface area contributed by atoms with Gasteiger partial charge in [-0.25, -0.2) is 4.79 Å². The highest BCUT2D eigenvalue weighted by Gasteiger charge is 2.35. The molecule has 1 aromatic carbocycles. The van der Waals surface area contributed by atoms with E-state index in [1.54, 1.807) is 7.11 Å². The van der Waals surface area contributed by atoms with Crippen molar-refractivity contribution in [3.63, 3.8) is 0 Å². The van der Waals surface area contributed by atoms with Crippen molar-refractivity contribution in [2.75, 3.05) is 14.2 Å². The highest BCUT2D eigenvalue weighted by molar-refractivity contribution is 6.73. The normalized spacial score (nSPS) is 12.6. The van der Waals surface area contributed by atoms with E-state index in [0.717, 1.165) is 29.4 Å². The van der Waals surface area contributed by atoms with Crippen LogP contribution in [0.4, 0.5) is 0 Å². The number of carbonyl (C=O) groups is 1. The van der Waals surface area contributed by atoms with Crippen molar-refractivity contribution in [1.29, 1.82) is 0 Å². The maximum Gasteiger partial charge on any atom is 0.336 e. The van der Waals surface area contributed by atoms with Crippen LogP contribution in [0, 0.1) is 0 Å². The molecule has 0 heterocycles. The van der Waals surface area contributed by atoms with Gasteiger partial charge in [-0.3, -0.25) is 0 Å². The van der Waals surface area contributed by atoms with E-state index in [9.17, 15) is 4.79 Å². The van der Waals surface area contributed by atoms with Crippen LogP contribution in [0.25, 0.3) is 0 Å². The van der Waals surface area contributed by atoms with Gasteiger partial charge >= 0.3 is 5.97 Å². The molecule has 0 fully saturated rings. The molecule has 4 nitrogen and oxygen atoms in total. The molecule has 5 heteroatoms. The predicted molar refractivity (Wildman–Crippen MR) is 95.2 cm³/mol. The zero-order valence-corrected chi connectivity index (χ0v) is 15.8. The Morgan fingerprint density at radius 2 is 1.61 bits per heavy atom. The number of ether oxygens (including phenoxy) is 2. The first-order valence-electron chi connectivity index (χ1n) is 8.05. The van der Waals surface area contributed by atoms with E-state index in [2.05, 4.69) is 27.4 Å². The first-order valence-corrected chi connectivity index (χ1v) is 10.6. The summed E-state index contributed by atoms with van der Waals surface area (Å²) in [5.74, 6) is 0.332. The van der Waals surface area contributed by atoms with Gasteiger partial charge in [0.1, 0.15) is 11.9 Å². The van der Waals surface area contributed by atoms with Crippen LogP contribution in [0.1, 0.15) is 32.4 Å². The van der Waals surface area contributed by atoms with Gasteiger partial charge in [0, 0.05) is 0 Å². The summed E-state index contributed by atoms with van der Waals surface area (Å²) in [4.78, 5) is 12.0. The van der Waals surface area contributed by atoms with Crippen LogP contribution >= 0.6 is 0 Å². The van der Waals surface area contributed by atoms with E-state index in [1.807, 2.05) is 24.3 Å². The summed E-state index contributed by atoms with van der Waals surface area (Å²) < 4.78 is 16.6. The molecule has 0 spiro atoms. The van der Waals surface area contributed by atoms with Crippen molar-refractivity contribution in [3.05, 3.63) is 42.0 Å². The van der Waals surface area contributed by atoms with Gasteiger partial charge in [-0.05, 0) is 35.8 Å². The predicted octanol–water partition coefficient (Wildman–Crippen LogP) is 4.49. The average molecular weight is 337 g/mol. The summed E-state index contributed by atoms with van der Waals surface area (Å²) in [6, 6.07) is 10.6. The van der Waals surface area contributed by atoms with Gasteiger partial charge in [-0.1, -0.05) is 39.5 Å². The molecule has 0 amide bonds. The topological polar surface area (TPSA) is 44.8 Å². The molecule has 0 aliphatic heterocycles. The Labute approximate surface area is 140 Å². The van der Waals surface area contributed by atoms with Gasteiger partial charge in [0.05, 0.1) is 19.8 Å². The van der Waals surface area contributed by atoms with Crippen molar-refractivity contribution in [2.24, 2.45) is 0 Å². The fourth-order valence-corrected chi connectivity index (χ4v) is 5.39. The van der Waals surface area contributed by atoms with E-state index >= 15 is 0 Å². The summed E-state index contributed by atoms with van der Waals surface area (Å²) in [6.07, 6.45) is -0.472. The van der Waals surface area contributed by atoms with Crippen molar-refractivity contribution < 1.29 is 18.7 Å². The number of benzene rings is 1. The summed E-state index contributed by atoms with van der Waals surface area (Å²) in [7, 11) is 1.08. The molecule has 0 aliphatic carbocycles. The number of hydrogen-bond acceptors (Lipinski definition) is 4. The Balaban J connectivity index is 3.20. The van der Waals surface area contributed by atoms with Crippen LogP contribution in [-0.4, -0.2) is 28.5 Å². The molecule has 0 saturated heterocycles. The van der Waals surface area contributed by atoms with E-state index < -0.39 is 20.4 Å².